The van der Waals surface area contributed by atoms with E-state index in [-0.39, 0.29) is 0 Å². The molecule has 0 aliphatic carbocycles. The molecule has 0 aliphatic heterocycles. The highest BCUT2D eigenvalue weighted by Gasteiger charge is 2.29. The van der Waals surface area contributed by atoms with Crippen LogP contribution in [0.4, 0.5) is 18.9 Å². The number of hydrogen-bond acceptors (Lipinski definition) is 1. The summed E-state index contributed by atoms with van der Waals surface area (Å²) in [5, 5.41) is 0. The standard InChI is InChI=1S/C13H16F3N/c1-3-4-5-10-17(2)12-8-6-11(7-9-12)13(14,15)16/h5-10H,3-4H2,1-2H3. The highest BCUT2D eigenvalue weighted by molar-refractivity contribution is 5.49. The van der Waals surface area contributed by atoms with Crippen LogP contribution in [0.5, 0.6) is 0 Å². The Hall–Kier alpha value is -1.45. The summed E-state index contributed by atoms with van der Waals surface area (Å²) in [6.07, 6.45) is 1.61. The van der Waals surface area contributed by atoms with Crippen LogP contribution in [0.3, 0.4) is 0 Å². The van der Waals surface area contributed by atoms with Gasteiger partial charge in [-0.25, -0.2) is 0 Å². The van der Waals surface area contributed by atoms with E-state index in [1.54, 1.807) is 4.90 Å². The van der Waals surface area contributed by atoms with Crippen LogP contribution in [0, 0.1) is 0 Å². The molecule has 0 spiro atoms. The fourth-order valence-electron chi connectivity index (χ4n) is 1.37. The summed E-state index contributed by atoms with van der Waals surface area (Å²) in [5.74, 6) is 0. The third-order valence-electron chi connectivity index (χ3n) is 2.39. The molecule has 0 radical (unpaired) electrons. The summed E-state index contributed by atoms with van der Waals surface area (Å²) < 4.78 is 37.0. The number of halogens is 3. The van der Waals surface area contributed by atoms with Crippen LogP contribution in [0.2, 0.25) is 0 Å². The molecule has 0 heterocycles. The van der Waals surface area contributed by atoms with Crippen LogP contribution in [-0.4, -0.2) is 7.05 Å². The van der Waals surface area contributed by atoms with Crippen LogP contribution in [0.25, 0.3) is 0 Å². The minimum Gasteiger partial charge on any atom is -0.351 e. The van der Waals surface area contributed by atoms with Crippen molar-refractivity contribution in [2.45, 2.75) is 25.9 Å². The average Bonchev–Trinajstić information content (AvgIpc) is 2.28. The van der Waals surface area contributed by atoms with Gasteiger partial charge in [-0.2, -0.15) is 13.2 Å². The van der Waals surface area contributed by atoms with Crippen LogP contribution in [0.15, 0.2) is 36.5 Å². The monoisotopic (exact) mass is 243 g/mol. The molecule has 1 rings (SSSR count). The van der Waals surface area contributed by atoms with Gasteiger partial charge in [-0.1, -0.05) is 19.4 Å². The summed E-state index contributed by atoms with van der Waals surface area (Å²) in [7, 11) is 1.81. The first-order valence-corrected chi connectivity index (χ1v) is 5.52. The van der Waals surface area contributed by atoms with Crippen molar-refractivity contribution in [2.75, 3.05) is 11.9 Å². The lowest BCUT2D eigenvalue weighted by Gasteiger charge is -2.15. The van der Waals surface area contributed by atoms with E-state index < -0.39 is 11.7 Å². The summed E-state index contributed by atoms with van der Waals surface area (Å²) in [6, 6.07) is 5.14. The largest absolute Gasteiger partial charge is 0.416 e. The normalized spacial score (nSPS) is 12.1. The number of allylic oxidation sites excluding steroid dienone is 1. The van der Waals surface area contributed by atoms with Gasteiger partial charge in [0.25, 0.3) is 0 Å². The predicted molar refractivity (Wildman–Crippen MR) is 63.9 cm³/mol. The number of hydrogen-bond donors (Lipinski definition) is 0. The fourth-order valence-corrected chi connectivity index (χ4v) is 1.37. The smallest absolute Gasteiger partial charge is 0.351 e. The summed E-state index contributed by atoms with van der Waals surface area (Å²) in [5.41, 5.74) is 0.123. The summed E-state index contributed by atoms with van der Waals surface area (Å²) in [6.45, 7) is 2.07. The topological polar surface area (TPSA) is 3.24 Å². The maximum Gasteiger partial charge on any atom is 0.416 e. The van der Waals surface area contributed by atoms with Crippen LogP contribution >= 0.6 is 0 Å². The van der Waals surface area contributed by atoms with Gasteiger partial charge in [0.05, 0.1) is 5.56 Å². The van der Waals surface area contributed by atoms with Gasteiger partial charge < -0.3 is 4.90 Å². The Morgan fingerprint density at radius 2 is 1.76 bits per heavy atom. The van der Waals surface area contributed by atoms with Gasteiger partial charge in [0.1, 0.15) is 0 Å². The van der Waals surface area contributed by atoms with E-state index in [1.807, 2.05) is 19.3 Å². The lowest BCUT2D eigenvalue weighted by Crippen LogP contribution is -2.09. The molecule has 0 saturated heterocycles. The van der Waals surface area contributed by atoms with E-state index in [1.165, 1.54) is 12.1 Å². The number of nitrogens with zero attached hydrogens (tertiary/aromatic N) is 1. The molecule has 4 heteroatoms. The zero-order valence-corrected chi connectivity index (χ0v) is 9.96. The third-order valence-corrected chi connectivity index (χ3v) is 2.39. The molecule has 0 atom stereocenters. The SMILES string of the molecule is CCCC=CN(C)c1ccc(C(F)(F)F)cc1. The van der Waals surface area contributed by atoms with Gasteiger partial charge in [0.15, 0.2) is 0 Å². The second-order valence-corrected chi connectivity index (χ2v) is 3.83. The third kappa shape index (κ3) is 4.13. The van der Waals surface area contributed by atoms with Crippen LogP contribution < -0.4 is 4.90 Å². The molecule has 1 nitrogen and oxygen atoms in total. The Morgan fingerprint density at radius 3 is 2.24 bits per heavy atom. The predicted octanol–water partition coefficient (Wildman–Crippen LogP) is 4.46. The van der Waals surface area contributed by atoms with Crippen molar-refractivity contribution in [2.24, 2.45) is 0 Å². The summed E-state index contributed by atoms with van der Waals surface area (Å²) in [4.78, 5) is 1.80. The zero-order chi connectivity index (χ0) is 12.9. The molecule has 0 aliphatic rings. The lowest BCUT2D eigenvalue weighted by molar-refractivity contribution is -0.137. The number of alkyl halides is 3. The van der Waals surface area contributed by atoms with Crippen molar-refractivity contribution >= 4 is 5.69 Å². The molecular weight excluding hydrogens is 227 g/mol. The van der Waals surface area contributed by atoms with Crippen molar-refractivity contribution in [3.63, 3.8) is 0 Å². The first-order chi connectivity index (χ1) is 7.95. The number of rotatable bonds is 4. The van der Waals surface area contributed by atoms with Crippen molar-refractivity contribution in [3.05, 3.63) is 42.1 Å². The first-order valence-electron chi connectivity index (χ1n) is 5.52. The van der Waals surface area contributed by atoms with Gasteiger partial charge in [-0.15, -0.1) is 0 Å². The zero-order valence-electron chi connectivity index (χ0n) is 9.96. The second kappa shape index (κ2) is 5.75. The quantitative estimate of drug-likeness (QED) is 0.754. The molecule has 0 amide bonds. The van der Waals surface area contributed by atoms with Gasteiger partial charge >= 0.3 is 6.18 Å². The minimum absolute atomic E-state index is 0.618. The molecule has 0 unspecified atom stereocenters. The Labute approximate surface area is 99.6 Å². The number of anilines is 1. The van der Waals surface area contributed by atoms with Gasteiger partial charge in [-0.3, -0.25) is 0 Å². The van der Waals surface area contributed by atoms with E-state index >= 15 is 0 Å². The molecule has 94 valence electrons. The summed E-state index contributed by atoms with van der Waals surface area (Å²) >= 11 is 0. The highest BCUT2D eigenvalue weighted by Crippen LogP contribution is 2.30. The Balaban J connectivity index is 2.74. The number of unbranched alkanes of at least 4 members (excludes halogenated alkanes) is 1. The molecule has 0 fully saturated rings. The maximum absolute atomic E-state index is 12.3. The molecule has 0 saturated carbocycles. The molecule has 0 aromatic heterocycles. The molecule has 0 N–H and O–H groups in total. The Kier molecular flexibility index (Phi) is 4.61. The van der Waals surface area contributed by atoms with Gasteiger partial charge in [0.2, 0.25) is 0 Å². The second-order valence-electron chi connectivity index (χ2n) is 3.83. The molecular formula is C13H16F3N. The Bertz CT molecular complexity index is 365. The lowest BCUT2D eigenvalue weighted by atomic mass is 10.2. The van der Waals surface area contributed by atoms with E-state index in [0.717, 1.165) is 30.7 Å². The van der Waals surface area contributed by atoms with Gasteiger partial charge in [0, 0.05) is 12.7 Å². The fraction of sp³-hybridized carbons (Fsp3) is 0.385. The molecule has 17 heavy (non-hydrogen) atoms. The van der Waals surface area contributed by atoms with Gasteiger partial charge in [-0.05, 0) is 36.9 Å². The Morgan fingerprint density at radius 1 is 1.18 bits per heavy atom. The van der Waals surface area contributed by atoms with E-state index in [9.17, 15) is 13.2 Å². The van der Waals surface area contributed by atoms with Crippen LogP contribution in [0.1, 0.15) is 25.3 Å². The van der Waals surface area contributed by atoms with Crippen LogP contribution in [-0.2, 0) is 6.18 Å². The highest BCUT2D eigenvalue weighted by atomic mass is 19.4. The maximum atomic E-state index is 12.3. The average molecular weight is 243 g/mol. The van der Waals surface area contributed by atoms with E-state index in [0.29, 0.717) is 0 Å². The first kappa shape index (κ1) is 13.6. The minimum atomic E-state index is -4.27. The molecule has 1 aromatic rings. The van der Waals surface area contributed by atoms with Crippen molar-refractivity contribution in [3.8, 4) is 0 Å². The van der Waals surface area contributed by atoms with E-state index in [2.05, 4.69) is 6.92 Å². The molecule has 0 bridgehead atoms. The number of benzene rings is 1. The van der Waals surface area contributed by atoms with Crippen molar-refractivity contribution in [1.29, 1.82) is 0 Å². The molecule has 1 aromatic carbocycles. The van der Waals surface area contributed by atoms with Crippen molar-refractivity contribution in [1.82, 2.24) is 0 Å². The van der Waals surface area contributed by atoms with Crippen molar-refractivity contribution < 1.29 is 13.2 Å². The van der Waals surface area contributed by atoms with E-state index in [4.69, 9.17) is 0 Å².